The first-order chi connectivity index (χ1) is 3.06. The normalized spacial score (nSPS) is 8.50. The molecule has 0 aromatic heterocycles. The van der Waals surface area contributed by atoms with Gasteiger partial charge in [-0.2, -0.15) is 8.42 Å². The summed E-state index contributed by atoms with van der Waals surface area (Å²) in [5.41, 5.74) is 0. The molecule has 0 fully saturated rings. The zero-order valence-electron chi connectivity index (χ0n) is 3.99. The Balaban J connectivity index is 0. The van der Waals surface area contributed by atoms with Crippen LogP contribution < -0.4 is 29.6 Å². The molecule has 5 nitrogen and oxygen atoms in total. The summed E-state index contributed by atoms with van der Waals surface area (Å²) in [6, 6.07) is 0. The van der Waals surface area contributed by atoms with Crippen LogP contribution in [0.5, 0.6) is 0 Å². The van der Waals surface area contributed by atoms with E-state index in [1.165, 1.54) is 0 Å². The molecular weight excluding hydrogens is 145 g/mol. The first kappa shape index (κ1) is 11.1. The van der Waals surface area contributed by atoms with Gasteiger partial charge in [-0.25, -0.2) is 0 Å². The third-order valence-corrected chi connectivity index (χ3v) is 0.418. The van der Waals surface area contributed by atoms with E-state index in [1.807, 2.05) is 0 Å². The maximum Gasteiger partial charge on any atom is 1.00 e. The Kier molecular flexibility index (Phi) is 5.69. The minimum Gasteiger partial charge on any atom is -0.715 e. The van der Waals surface area contributed by atoms with Crippen LogP contribution in [0.15, 0.2) is 0 Å². The first-order valence-electron chi connectivity index (χ1n) is 1.09. The molecule has 0 saturated heterocycles. The van der Waals surface area contributed by atoms with Crippen molar-refractivity contribution >= 4 is 10.4 Å². The van der Waals surface area contributed by atoms with Gasteiger partial charge in [-0.1, -0.05) is 0 Å². The van der Waals surface area contributed by atoms with Crippen LogP contribution in [-0.4, -0.2) is 13.0 Å². The Morgan fingerprint density at radius 3 is 2.00 bits per heavy atom. The zero-order valence-corrected chi connectivity index (χ0v) is 6.80. The van der Waals surface area contributed by atoms with Crippen molar-refractivity contribution in [2.45, 2.75) is 0 Å². The summed E-state index contributed by atoms with van der Waals surface area (Å²) < 4.78 is 30.6. The van der Waals surface area contributed by atoms with E-state index in [-0.39, 0.29) is 29.6 Å². The molecule has 0 aromatic carbocycles. The van der Waals surface area contributed by atoms with E-state index >= 15 is 0 Å². The van der Waals surface area contributed by atoms with E-state index in [9.17, 15) is 13.0 Å². The summed E-state index contributed by atoms with van der Waals surface area (Å²) in [5.74, 6) is 0. The van der Waals surface area contributed by atoms with Crippen molar-refractivity contribution in [1.29, 1.82) is 5.26 Å². The Bertz CT molecular complexity index is 177. The molecule has 0 aliphatic carbocycles. The van der Waals surface area contributed by atoms with Gasteiger partial charge in [-0.15, -0.1) is 5.26 Å². The van der Waals surface area contributed by atoms with Gasteiger partial charge >= 0.3 is 35.8 Å². The van der Waals surface area contributed by atoms with E-state index in [1.54, 1.807) is 0 Å². The van der Waals surface area contributed by atoms with Crippen LogP contribution in [-0.2, 0) is 14.6 Å². The smallest absolute Gasteiger partial charge is 0.715 e. The molecule has 0 radical (unpaired) electrons. The van der Waals surface area contributed by atoms with Crippen molar-refractivity contribution in [3.8, 4) is 6.26 Å². The second-order valence-corrected chi connectivity index (χ2v) is 1.57. The van der Waals surface area contributed by atoms with Gasteiger partial charge in [-0.05, 0) is 0 Å². The molecule has 7 heteroatoms. The Labute approximate surface area is 68.5 Å². The fraction of sp³-hybridized carbons (Fsp3) is 0. The maximum atomic E-state index is 9.23. The predicted molar refractivity (Wildman–Crippen MR) is 16.4 cm³/mol. The molecule has 8 heavy (non-hydrogen) atoms. The molecule has 0 N–H and O–H groups in total. The van der Waals surface area contributed by atoms with Gasteiger partial charge in [0.2, 0.25) is 0 Å². The molecular formula is CNNaO4S. The van der Waals surface area contributed by atoms with Gasteiger partial charge in [0.15, 0.2) is 0 Å². The quantitative estimate of drug-likeness (QED) is 0.162. The SMILES string of the molecule is N#COS(=O)(=O)[O-].[Na+]. The summed E-state index contributed by atoms with van der Waals surface area (Å²) in [6.45, 7) is 0. The van der Waals surface area contributed by atoms with Gasteiger partial charge < -0.3 is 8.74 Å². The summed E-state index contributed by atoms with van der Waals surface area (Å²) in [6.07, 6.45) is 0.707. The number of hydrogen-bond acceptors (Lipinski definition) is 5. The third-order valence-electron chi connectivity index (χ3n) is 0.139. The van der Waals surface area contributed by atoms with E-state index in [4.69, 9.17) is 5.26 Å². The van der Waals surface area contributed by atoms with Crippen LogP contribution in [0.2, 0.25) is 0 Å². The van der Waals surface area contributed by atoms with Gasteiger partial charge in [0, 0.05) is 0 Å². The number of nitriles is 1. The number of nitrogens with zero attached hydrogens (tertiary/aromatic N) is 1. The van der Waals surface area contributed by atoms with E-state index in [0.717, 1.165) is 0 Å². The second kappa shape index (κ2) is 4.12. The third kappa shape index (κ3) is 9.50. The summed E-state index contributed by atoms with van der Waals surface area (Å²) in [4.78, 5) is 0. The Hall–Kier alpha value is 0.200. The average Bonchev–Trinajstić information content (AvgIpc) is 1.30. The van der Waals surface area contributed by atoms with Crippen molar-refractivity contribution in [2.24, 2.45) is 0 Å². The fourth-order valence-electron chi connectivity index (χ4n) is 0.0456. The zero-order chi connectivity index (χ0) is 5.91. The molecule has 0 heterocycles. The molecule has 0 bridgehead atoms. The van der Waals surface area contributed by atoms with Crippen molar-refractivity contribution in [3.63, 3.8) is 0 Å². The minimum atomic E-state index is -4.79. The van der Waals surface area contributed by atoms with Gasteiger partial charge in [-0.3, -0.25) is 0 Å². The molecule has 0 saturated carbocycles. The van der Waals surface area contributed by atoms with Gasteiger partial charge in [0.25, 0.3) is 10.4 Å². The van der Waals surface area contributed by atoms with Crippen molar-refractivity contribution in [2.75, 3.05) is 0 Å². The van der Waals surface area contributed by atoms with Crippen molar-refractivity contribution in [3.05, 3.63) is 0 Å². The topological polar surface area (TPSA) is 90.2 Å². The van der Waals surface area contributed by atoms with Gasteiger partial charge in [0.05, 0.1) is 0 Å². The molecule has 0 rings (SSSR count). The molecule has 0 amide bonds. The molecule has 0 aliphatic rings. The van der Waals surface area contributed by atoms with Crippen LogP contribution in [0.25, 0.3) is 0 Å². The van der Waals surface area contributed by atoms with Crippen molar-refractivity contribution < 1.29 is 46.7 Å². The predicted octanol–water partition coefficient (Wildman–Crippen LogP) is -4.05. The summed E-state index contributed by atoms with van der Waals surface area (Å²) in [5, 5.41) is 7.35. The molecule has 0 aromatic rings. The average molecular weight is 145 g/mol. The number of rotatable bonds is 1. The van der Waals surface area contributed by atoms with Crippen LogP contribution in [0.1, 0.15) is 0 Å². The van der Waals surface area contributed by atoms with Crippen LogP contribution in [0, 0.1) is 11.5 Å². The minimum absolute atomic E-state index is 0. The summed E-state index contributed by atoms with van der Waals surface area (Å²) >= 11 is 0. The van der Waals surface area contributed by atoms with Crippen LogP contribution in [0.4, 0.5) is 0 Å². The molecule has 0 aliphatic heterocycles. The van der Waals surface area contributed by atoms with Crippen LogP contribution >= 0.6 is 0 Å². The number of hydrogen-bond donors (Lipinski definition) is 0. The standard InChI is InChI=1S/CHNO4S.Na/c2-1-6-7(3,4)5;/h(H,3,4,5);/q;+1/p-1. The van der Waals surface area contributed by atoms with Crippen LogP contribution in [0.3, 0.4) is 0 Å². The monoisotopic (exact) mass is 145 g/mol. The molecule has 40 valence electrons. The molecule has 0 unspecified atom stereocenters. The largest absolute Gasteiger partial charge is 1.00 e. The van der Waals surface area contributed by atoms with E-state index in [2.05, 4.69) is 4.18 Å². The summed E-state index contributed by atoms with van der Waals surface area (Å²) in [7, 11) is -4.79. The Morgan fingerprint density at radius 1 is 1.62 bits per heavy atom. The maximum absolute atomic E-state index is 9.23. The fourth-order valence-corrected chi connectivity index (χ4v) is 0.137. The Morgan fingerprint density at radius 2 is 2.00 bits per heavy atom. The van der Waals surface area contributed by atoms with Gasteiger partial charge in [0.1, 0.15) is 0 Å². The van der Waals surface area contributed by atoms with E-state index < -0.39 is 10.4 Å². The first-order valence-corrected chi connectivity index (χ1v) is 2.43. The molecule has 0 atom stereocenters. The van der Waals surface area contributed by atoms with E-state index in [0.29, 0.717) is 6.26 Å². The molecule has 0 spiro atoms. The second-order valence-electron chi connectivity index (χ2n) is 0.583. The van der Waals surface area contributed by atoms with Crippen molar-refractivity contribution in [1.82, 2.24) is 0 Å².